The van der Waals surface area contributed by atoms with Crippen LogP contribution in [0.25, 0.3) is 0 Å². The van der Waals surface area contributed by atoms with Crippen molar-refractivity contribution in [1.29, 1.82) is 0 Å². The molecule has 2 fully saturated rings. The van der Waals surface area contributed by atoms with Crippen LogP contribution in [0.3, 0.4) is 0 Å². The lowest BCUT2D eigenvalue weighted by molar-refractivity contribution is -0.141. The standard InChI is InChI=1S/C36H54N4O4/c1-9-23-19(3)27-15-28-21(5)25(11-13-35(41)43-7)33(39-28)18-34-26(12-14-36(42)44-8)22(6)30(40-34)17-32-24(10-2)20(4)29(38-32)16-31(23)37-27/h9-10,22,26-34,37-40H,1-2,11-18H2,3-8H3. The second-order valence-electron chi connectivity index (χ2n) is 13.7. The Kier molecular flexibility index (Phi) is 10.3. The van der Waals surface area contributed by atoms with Crippen LogP contribution in [0.15, 0.2) is 58.7 Å². The molecule has 0 aromatic heterocycles. The molecule has 5 aliphatic heterocycles. The van der Waals surface area contributed by atoms with Gasteiger partial charge in [0.25, 0.3) is 0 Å². The van der Waals surface area contributed by atoms with Gasteiger partial charge in [0, 0.05) is 61.2 Å². The number of methoxy groups -OCH3 is 2. The van der Waals surface area contributed by atoms with E-state index < -0.39 is 0 Å². The van der Waals surface area contributed by atoms with E-state index in [9.17, 15) is 9.59 Å². The second-order valence-corrected chi connectivity index (χ2v) is 13.7. The fourth-order valence-electron chi connectivity index (χ4n) is 9.06. The summed E-state index contributed by atoms with van der Waals surface area (Å²) in [6, 6.07) is 1.88. The van der Waals surface area contributed by atoms with E-state index in [1.807, 2.05) is 0 Å². The van der Waals surface area contributed by atoms with Gasteiger partial charge in [-0.15, -0.1) is 0 Å². The summed E-state index contributed by atoms with van der Waals surface area (Å²) >= 11 is 0. The first kappa shape index (κ1) is 32.9. The van der Waals surface area contributed by atoms with Crippen LogP contribution < -0.4 is 21.3 Å². The third kappa shape index (κ3) is 6.41. The molecule has 10 atom stereocenters. The van der Waals surface area contributed by atoms with E-state index >= 15 is 0 Å². The molecule has 0 radical (unpaired) electrons. The van der Waals surface area contributed by atoms with E-state index in [1.165, 1.54) is 47.7 Å². The van der Waals surface area contributed by atoms with Crippen molar-refractivity contribution in [3.05, 3.63) is 58.7 Å². The maximum atomic E-state index is 12.3. The molecule has 0 aromatic rings. The molecule has 44 heavy (non-hydrogen) atoms. The molecule has 8 bridgehead atoms. The van der Waals surface area contributed by atoms with Crippen molar-refractivity contribution in [3.8, 4) is 0 Å². The van der Waals surface area contributed by atoms with Crippen LogP contribution in [0.2, 0.25) is 0 Å². The minimum atomic E-state index is -0.173. The second kappa shape index (κ2) is 13.9. The molecule has 0 amide bonds. The van der Waals surface area contributed by atoms with Crippen LogP contribution >= 0.6 is 0 Å². The topological polar surface area (TPSA) is 101 Å². The number of ether oxygens (including phenoxy) is 2. The van der Waals surface area contributed by atoms with Crippen molar-refractivity contribution in [2.24, 2.45) is 11.8 Å². The number of fused-ring (bicyclic) bond motifs is 8. The fraction of sp³-hybridized carbons (Fsp3) is 0.667. The van der Waals surface area contributed by atoms with Crippen LogP contribution in [-0.4, -0.2) is 74.5 Å². The highest BCUT2D eigenvalue weighted by molar-refractivity contribution is 5.69. The van der Waals surface area contributed by atoms with E-state index in [-0.39, 0.29) is 54.2 Å². The number of hydrogen-bond donors (Lipinski definition) is 4. The van der Waals surface area contributed by atoms with E-state index in [4.69, 9.17) is 9.47 Å². The predicted molar refractivity (Wildman–Crippen MR) is 175 cm³/mol. The summed E-state index contributed by atoms with van der Waals surface area (Å²) in [5.74, 6) is 0.409. The molecular formula is C36H54N4O4. The summed E-state index contributed by atoms with van der Waals surface area (Å²) in [4.78, 5) is 24.5. The quantitative estimate of drug-likeness (QED) is 0.238. The zero-order valence-electron chi connectivity index (χ0n) is 27.6. The minimum Gasteiger partial charge on any atom is -0.469 e. The third-order valence-corrected chi connectivity index (χ3v) is 11.7. The van der Waals surface area contributed by atoms with Crippen LogP contribution in [0.5, 0.6) is 0 Å². The van der Waals surface area contributed by atoms with E-state index in [0.29, 0.717) is 37.1 Å². The van der Waals surface area contributed by atoms with Crippen LogP contribution in [0.4, 0.5) is 0 Å². The summed E-state index contributed by atoms with van der Waals surface area (Å²) in [5, 5.41) is 16.1. The van der Waals surface area contributed by atoms with Gasteiger partial charge in [-0.1, -0.05) is 54.5 Å². The first-order valence-corrected chi connectivity index (χ1v) is 16.6. The smallest absolute Gasteiger partial charge is 0.305 e. The molecule has 242 valence electrons. The van der Waals surface area contributed by atoms with Gasteiger partial charge in [-0.2, -0.15) is 0 Å². The maximum Gasteiger partial charge on any atom is 0.305 e. The molecule has 0 spiro atoms. The summed E-state index contributed by atoms with van der Waals surface area (Å²) in [6.07, 6.45) is 10.2. The average molecular weight is 607 g/mol. The Bertz CT molecular complexity index is 1250. The lowest BCUT2D eigenvalue weighted by atomic mass is 9.80. The van der Waals surface area contributed by atoms with Gasteiger partial charge in [-0.05, 0) is 82.3 Å². The predicted octanol–water partition coefficient (Wildman–Crippen LogP) is 4.40. The maximum absolute atomic E-state index is 12.3. The van der Waals surface area contributed by atoms with Gasteiger partial charge in [-0.3, -0.25) is 9.59 Å². The molecule has 5 aliphatic rings. The number of nitrogens with one attached hydrogen (secondary N) is 4. The van der Waals surface area contributed by atoms with Gasteiger partial charge in [0.05, 0.1) is 14.2 Å². The van der Waals surface area contributed by atoms with Gasteiger partial charge >= 0.3 is 11.9 Å². The summed E-state index contributed by atoms with van der Waals surface area (Å²) in [5.41, 5.74) is 8.10. The first-order valence-electron chi connectivity index (χ1n) is 16.6. The largest absolute Gasteiger partial charge is 0.469 e. The van der Waals surface area contributed by atoms with Crippen molar-refractivity contribution in [1.82, 2.24) is 21.3 Å². The van der Waals surface area contributed by atoms with E-state index in [0.717, 1.165) is 32.1 Å². The molecule has 8 nitrogen and oxygen atoms in total. The Morgan fingerprint density at radius 2 is 1.20 bits per heavy atom. The number of carbonyl (C=O) groups excluding carboxylic acids is 2. The molecule has 4 N–H and O–H groups in total. The zero-order valence-corrected chi connectivity index (χ0v) is 27.6. The average Bonchev–Trinajstić information content (AvgIpc) is 3.67. The highest BCUT2D eigenvalue weighted by Crippen LogP contribution is 2.41. The summed E-state index contributed by atoms with van der Waals surface area (Å²) < 4.78 is 10.1. The van der Waals surface area contributed by atoms with Crippen LogP contribution in [0, 0.1) is 11.8 Å². The van der Waals surface area contributed by atoms with Crippen LogP contribution in [-0.2, 0) is 19.1 Å². The Morgan fingerprint density at radius 1 is 0.705 bits per heavy atom. The number of esters is 2. The zero-order chi connectivity index (χ0) is 31.7. The molecular weight excluding hydrogens is 552 g/mol. The van der Waals surface area contributed by atoms with Crippen LogP contribution in [0.1, 0.15) is 79.1 Å². The molecule has 8 heteroatoms. The highest BCUT2D eigenvalue weighted by Gasteiger charge is 2.46. The number of rotatable bonds is 8. The normalized spacial score (nSPS) is 37.0. The molecule has 10 unspecified atom stereocenters. The fourth-order valence-corrected chi connectivity index (χ4v) is 9.06. The molecule has 0 aromatic carbocycles. The lowest BCUT2D eigenvalue weighted by Gasteiger charge is -2.28. The van der Waals surface area contributed by atoms with Crippen molar-refractivity contribution < 1.29 is 19.1 Å². The Labute approximate surface area is 264 Å². The SMILES string of the molecule is C=CC1=C(C)C2CC3NC(CC4NC(CC5NC(CC1N2)C(C)=C5C=C)C(C)C4CCC(=O)OC)C(CCC(=O)OC)=C3C. The van der Waals surface area contributed by atoms with Crippen molar-refractivity contribution >= 4 is 11.9 Å². The van der Waals surface area contributed by atoms with Crippen molar-refractivity contribution in [3.63, 3.8) is 0 Å². The minimum absolute atomic E-state index is 0.149. The number of carbonyl (C=O) groups is 2. The Hall–Kier alpha value is -2.52. The third-order valence-electron chi connectivity index (χ3n) is 11.7. The summed E-state index contributed by atoms with van der Waals surface area (Å²) in [6.45, 7) is 17.5. The first-order chi connectivity index (χ1) is 21.1. The molecule has 5 rings (SSSR count). The molecule has 5 heterocycles. The van der Waals surface area contributed by atoms with Gasteiger partial charge < -0.3 is 30.7 Å². The Morgan fingerprint density at radius 3 is 1.80 bits per heavy atom. The number of hydrogen-bond acceptors (Lipinski definition) is 8. The van der Waals surface area contributed by atoms with Gasteiger partial charge in [-0.25, -0.2) is 0 Å². The molecule has 2 saturated heterocycles. The lowest BCUT2D eigenvalue weighted by Crippen LogP contribution is -2.46. The van der Waals surface area contributed by atoms with Gasteiger partial charge in [0.15, 0.2) is 0 Å². The monoisotopic (exact) mass is 606 g/mol. The van der Waals surface area contributed by atoms with Crippen molar-refractivity contribution in [2.75, 3.05) is 14.2 Å². The van der Waals surface area contributed by atoms with Gasteiger partial charge in [0.1, 0.15) is 0 Å². The van der Waals surface area contributed by atoms with Crippen molar-refractivity contribution in [2.45, 2.75) is 127 Å². The highest BCUT2D eigenvalue weighted by atomic mass is 16.5. The molecule has 0 aliphatic carbocycles. The van der Waals surface area contributed by atoms with Gasteiger partial charge in [0.2, 0.25) is 0 Å². The summed E-state index contributed by atoms with van der Waals surface area (Å²) in [7, 11) is 2.93. The molecule has 0 saturated carbocycles. The van der Waals surface area contributed by atoms with E-state index in [1.54, 1.807) is 0 Å². The van der Waals surface area contributed by atoms with E-state index in [2.05, 4.69) is 74.3 Å². The Balaban J connectivity index is 1.50.